The van der Waals surface area contributed by atoms with Gasteiger partial charge < -0.3 is 8.80 Å². The lowest BCUT2D eigenvalue weighted by Crippen LogP contribution is -2.28. The SMILES string of the molecule is CC(C)(C)c1cc(-c2ccc3c4c5c6cc(C7(c8ccccc8)c8ccccc8-c8ccccc87)ccc6n6c7cc(-c8cc(C(C)(C)C)cc(C(C)(C)C)c8)ccc7c(c7c8cc(C9(c%10ccccc%10)c%10ccccc%10-c%10ccccc%109)ccc8n(c3c2)c74)c56)cc(C(C)(C)C)c1. The van der Waals surface area contributed by atoms with E-state index >= 15 is 0 Å². The molecule has 0 amide bonds. The molecule has 4 heterocycles. The fourth-order valence-electron chi connectivity index (χ4n) is 18.2. The molecule has 0 aliphatic heterocycles. The van der Waals surface area contributed by atoms with Crippen LogP contribution >= 0.6 is 0 Å². The van der Waals surface area contributed by atoms with Crippen molar-refractivity contribution in [2.45, 2.75) is 116 Å². The molecule has 0 saturated carbocycles. The molecule has 0 bridgehead atoms. The standard InChI is InChI=1S/C96H80N2/c1-91(2,3)65-47-59(48-66(53-65)92(4,5)6)57-39-43-73-83(51-57)97-81-45-41-63(95(61-27-15-13-16-28-61)77-35-23-19-31-69(77)70-32-20-24-36-78(70)95)55-75(81)88-86-74-44-40-58(60-49-67(93(7,8)9)54-68(50-60)94(10,11)12)52-84(74)98-82-46-42-64(56-76(82)87(90(86)98)85(73)89(88)97)96(62-29-17-14-18-30-62)79-37-25-21-33-71(79)72-34-22-26-38-80(72)96/h13-56H,1-12H3. The second-order valence-corrected chi connectivity index (χ2v) is 32.8. The zero-order valence-electron chi connectivity index (χ0n) is 58.3. The Kier molecular flexibility index (Phi) is 12.0. The largest absolute Gasteiger partial charge is 0.308 e. The smallest absolute Gasteiger partial charge is 0.0713 e. The van der Waals surface area contributed by atoms with E-state index in [4.69, 9.17) is 0 Å². The van der Waals surface area contributed by atoms with Crippen molar-refractivity contribution in [2.24, 2.45) is 0 Å². The molecule has 0 radical (unpaired) electrons. The molecule has 17 aromatic rings. The van der Waals surface area contributed by atoms with E-state index < -0.39 is 10.8 Å². The molecule has 13 aromatic carbocycles. The minimum atomic E-state index is -0.597. The van der Waals surface area contributed by atoms with Crippen LogP contribution in [-0.4, -0.2) is 8.80 Å². The molecule has 0 atom stereocenters. The molecule has 2 aliphatic carbocycles. The molecule has 98 heavy (non-hydrogen) atoms. The van der Waals surface area contributed by atoms with Crippen LogP contribution in [0, 0.1) is 0 Å². The number of nitrogens with zero attached hydrogens (tertiary/aromatic N) is 2. The van der Waals surface area contributed by atoms with Gasteiger partial charge in [0.05, 0.1) is 43.9 Å². The van der Waals surface area contributed by atoms with Crippen LogP contribution in [0.5, 0.6) is 0 Å². The van der Waals surface area contributed by atoms with Crippen LogP contribution in [-0.2, 0) is 32.5 Å². The molecular weight excluding hydrogens is 1180 g/mol. The highest BCUT2D eigenvalue weighted by Gasteiger charge is 2.48. The van der Waals surface area contributed by atoms with E-state index in [0.717, 1.165) is 0 Å². The van der Waals surface area contributed by atoms with Gasteiger partial charge in [0.1, 0.15) is 0 Å². The lowest BCUT2D eigenvalue weighted by Gasteiger charge is -2.34. The summed E-state index contributed by atoms with van der Waals surface area (Å²) in [4.78, 5) is 0. The van der Waals surface area contributed by atoms with E-state index in [1.54, 1.807) is 0 Å². The molecule has 0 spiro atoms. The highest BCUT2D eigenvalue weighted by molar-refractivity contribution is 6.45. The molecule has 2 nitrogen and oxygen atoms in total. The average molecular weight is 1260 g/mol. The molecule has 19 rings (SSSR count). The number of benzene rings is 13. The third kappa shape index (κ3) is 7.92. The van der Waals surface area contributed by atoms with Crippen molar-refractivity contribution in [3.05, 3.63) is 334 Å². The number of aromatic nitrogens is 2. The van der Waals surface area contributed by atoms with Crippen LogP contribution in [0.25, 0.3) is 121 Å². The summed E-state index contributed by atoms with van der Waals surface area (Å²) in [5.74, 6) is 0. The molecule has 2 aliphatic rings. The summed E-state index contributed by atoms with van der Waals surface area (Å²) in [7, 11) is 0. The maximum atomic E-state index is 2.70. The van der Waals surface area contributed by atoms with Crippen molar-refractivity contribution in [3.8, 4) is 44.5 Å². The van der Waals surface area contributed by atoms with Crippen molar-refractivity contribution in [1.82, 2.24) is 8.80 Å². The number of hydrogen-bond donors (Lipinski definition) is 0. The quantitative estimate of drug-likeness (QED) is 0.157. The van der Waals surface area contributed by atoms with E-state index in [1.807, 2.05) is 0 Å². The second-order valence-electron chi connectivity index (χ2n) is 32.8. The minimum Gasteiger partial charge on any atom is -0.308 e. The van der Waals surface area contributed by atoms with Gasteiger partial charge in [-0.15, -0.1) is 0 Å². The zero-order valence-corrected chi connectivity index (χ0v) is 58.3. The second kappa shape index (κ2) is 20.1. The Morgan fingerprint density at radius 1 is 0.224 bits per heavy atom. The molecule has 474 valence electrons. The summed E-state index contributed by atoms with van der Waals surface area (Å²) < 4.78 is 5.39. The first-order valence-corrected chi connectivity index (χ1v) is 35.4. The van der Waals surface area contributed by atoms with E-state index in [1.165, 1.54) is 187 Å². The first-order chi connectivity index (χ1) is 47.1. The van der Waals surface area contributed by atoms with Gasteiger partial charge in [0.15, 0.2) is 0 Å². The summed E-state index contributed by atoms with van der Waals surface area (Å²) in [6, 6.07) is 104. The van der Waals surface area contributed by atoms with E-state index in [-0.39, 0.29) is 21.7 Å². The number of rotatable bonds is 6. The van der Waals surface area contributed by atoms with Crippen LogP contribution in [0.1, 0.15) is 150 Å². The molecule has 0 fully saturated rings. The molecule has 0 saturated heterocycles. The van der Waals surface area contributed by atoms with Gasteiger partial charge in [0.25, 0.3) is 0 Å². The first-order valence-electron chi connectivity index (χ1n) is 35.4. The van der Waals surface area contributed by atoms with Crippen molar-refractivity contribution >= 4 is 76.2 Å². The monoisotopic (exact) mass is 1260 g/mol. The lowest BCUT2D eigenvalue weighted by molar-refractivity contribution is 0.568. The van der Waals surface area contributed by atoms with Crippen LogP contribution in [0.2, 0.25) is 0 Å². The predicted octanol–water partition coefficient (Wildman–Crippen LogP) is 25.2. The summed E-state index contributed by atoms with van der Waals surface area (Å²) in [6.07, 6.45) is 0. The maximum Gasteiger partial charge on any atom is 0.0713 e. The van der Waals surface area contributed by atoms with E-state index in [9.17, 15) is 0 Å². The summed E-state index contributed by atoms with van der Waals surface area (Å²) in [5.41, 5.74) is 31.9. The highest BCUT2D eigenvalue weighted by atomic mass is 14.9. The Labute approximate surface area is 575 Å². The van der Waals surface area contributed by atoms with E-state index in [2.05, 4.69) is 359 Å². The lowest BCUT2D eigenvalue weighted by atomic mass is 9.67. The highest BCUT2D eigenvalue weighted by Crippen LogP contribution is 2.61. The van der Waals surface area contributed by atoms with Crippen molar-refractivity contribution < 1.29 is 0 Å². The van der Waals surface area contributed by atoms with E-state index in [0.29, 0.717) is 0 Å². The maximum absolute atomic E-state index is 2.70. The molecule has 2 heteroatoms. The van der Waals surface area contributed by atoms with Gasteiger partial charge in [-0.05, 0) is 169 Å². The van der Waals surface area contributed by atoms with Crippen molar-refractivity contribution in [2.75, 3.05) is 0 Å². The third-order valence-electron chi connectivity index (χ3n) is 23.1. The first kappa shape index (κ1) is 58.8. The van der Waals surface area contributed by atoms with Crippen molar-refractivity contribution in [3.63, 3.8) is 0 Å². The number of fused-ring (bicyclic) bond motifs is 20. The fraction of sp³-hybridized carbons (Fsp3) is 0.188. The van der Waals surface area contributed by atoms with Gasteiger partial charge >= 0.3 is 0 Å². The van der Waals surface area contributed by atoms with Gasteiger partial charge in [-0.3, -0.25) is 0 Å². The topological polar surface area (TPSA) is 8.82 Å². The average Bonchev–Trinajstić information content (AvgIpc) is 1.49. The van der Waals surface area contributed by atoms with Gasteiger partial charge in [-0.2, -0.15) is 0 Å². The van der Waals surface area contributed by atoms with Gasteiger partial charge in [0, 0.05) is 43.1 Å². The Bertz CT molecular complexity index is 5660. The molecule has 0 N–H and O–H groups in total. The molecular formula is C96H80N2. The fourth-order valence-corrected chi connectivity index (χ4v) is 18.2. The Morgan fingerprint density at radius 2 is 0.520 bits per heavy atom. The van der Waals surface area contributed by atoms with Crippen LogP contribution in [0.4, 0.5) is 0 Å². The Hall–Kier alpha value is -10.5. The molecule has 0 unspecified atom stereocenters. The summed E-state index contributed by atoms with van der Waals surface area (Å²) in [6.45, 7) is 28.2. The number of hydrogen-bond acceptors (Lipinski definition) is 0. The summed E-state index contributed by atoms with van der Waals surface area (Å²) in [5, 5.41) is 10.2. The summed E-state index contributed by atoms with van der Waals surface area (Å²) >= 11 is 0. The van der Waals surface area contributed by atoms with Crippen LogP contribution in [0.15, 0.2) is 267 Å². The van der Waals surface area contributed by atoms with Crippen LogP contribution < -0.4 is 0 Å². The zero-order chi connectivity index (χ0) is 66.9. The van der Waals surface area contributed by atoms with Gasteiger partial charge in [0.2, 0.25) is 0 Å². The Balaban J connectivity index is 1.01. The normalized spacial score (nSPS) is 14.5. The predicted molar refractivity (Wildman–Crippen MR) is 416 cm³/mol. The third-order valence-corrected chi connectivity index (χ3v) is 23.1. The van der Waals surface area contributed by atoms with Gasteiger partial charge in [-0.1, -0.05) is 314 Å². The molecule has 4 aromatic heterocycles. The van der Waals surface area contributed by atoms with Crippen LogP contribution in [0.3, 0.4) is 0 Å². The van der Waals surface area contributed by atoms with Crippen molar-refractivity contribution in [1.29, 1.82) is 0 Å². The Morgan fingerprint density at radius 3 is 0.837 bits per heavy atom. The van der Waals surface area contributed by atoms with Gasteiger partial charge in [-0.25, -0.2) is 0 Å². The minimum absolute atomic E-state index is 0.0472.